The minimum atomic E-state index is -0.813. The number of hydrogen-bond donors (Lipinski definition) is 0. The number of halogens is 1. The highest BCUT2D eigenvalue weighted by atomic mass is 35.5. The molecule has 0 saturated carbocycles. The van der Waals surface area contributed by atoms with Crippen LogP contribution in [0.3, 0.4) is 0 Å². The van der Waals surface area contributed by atoms with Gasteiger partial charge in [-0.25, -0.2) is 0 Å². The van der Waals surface area contributed by atoms with Crippen LogP contribution in [0.15, 0.2) is 48.5 Å². The number of nitro groups is 1. The van der Waals surface area contributed by atoms with Gasteiger partial charge >= 0.3 is 0 Å². The van der Waals surface area contributed by atoms with E-state index in [0.29, 0.717) is 11.1 Å². The molecule has 2 aromatic rings. The van der Waals surface area contributed by atoms with E-state index in [1.54, 1.807) is 12.1 Å². The van der Waals surface area contributed by atoms with E-state index in [9.17, 15) is 10.1 Å². The molecule has 0 saturated heterocycles. The zero-order chi connectivity index (χ0) is 12.7. The third kappa shape index (κ3) is 1.51. The molecule has 0 aliphatic heterocycles. The Morgan fingerprint density at radius 2 is 1.28 bits per heavy atom. The van der Waals surface area contributed by atoms with E-state index >= 15 is 0 Å². The molecule has 0 spiro atoms. The summed E-state index contributed by atoms with van der Waals surface area (Å²) in [5.74, 6) is 0. The van der Waals surface area contributed by atoms with E-state index in [4.69, 9.17) is 11.6 Å². The van der Waals surface area contributed by atoms with Gasteiger partial charge in [0.2, 0.25) is 0 Å². The fourth-order valence-corrected chi connectivity index (χ4v) is 2.94. The summed E-state index contributed by atoms with van der Waals surface area (Å²) in [6.07, 6.45) is 0. The minimum Gasteiger partial charge on any atom is -0.264 e. The predicted molar refractivity (Wildman–Crippen MR) is 69.4 cm³/mol. The standard InChI is InChI=1S/C14H10ClNO2/c15-13-9-5-1-3-7-11(9)14(16(17)18)12-8-4-2-6-10(12)13/h1-8,13-14H. The summed E-state index contributed by atoms with van der Waals surface area (Å²) in [4.78, 5) is 11.1. The first-order valence-corrected chi connectivity index (χ1v) is 6.09. The Hall–Kier alpha value is -1.87. The van der Waals surface area contributed by atoms with E-state index < -0.39 is 6.04 Å². The van der Waals surface area contributed by atoms with Crippen molar-refractivity contribution in [3.8, 4) is 0 Å². The summed E-state index contributed by atoms with van der Waals surface area (Å²) in [5, 5.41) is 11.0. The number of alkyl halides is 1. The van der Waals surface area contributed by atoms with Gasteiger partial charge in [-0.15, -0.1) is 11.6 Å². The summed E-state index contributed by atoms with van der Waals surface area (Å²) in [6.45, 7) is 0. The lowest BCUT2D eigenvalue weighted by Gasteiger charge is -2.26. The molecule has 0 heterocycles. The molecule has 1 aliphatic rings. The van der Waals surface area contributed by atoms with Gasteiger partial charge in [0, 0.05) is 16.1 Å². The fourth-order valence-electron chi connectivity index (χ4n) is 2.54. The average molecular weight is 260 g/mol. The first-order valence-electron chi connectivity index (χ1n) is 5.65. The molecular weight excluding hydrogens is 250 g/mol. The summed E-state index contributed by atoms with van der Waals surface area (Å²) >= 11 is 6.43. The Morgan fingerprint density at radius 1 is 0.889 bits per heavy atom. The first-order chi connectivity index (χ1) is 8.70. The van der Waals surface area contributed by atoms with Gasteiger partial charge in [-0.2, -0.15) is 0 Å². The van der Waals surface area contributed by atoms with Crippen LogP contribution in [-0.2, 0) is 0 Å². The maximum atomic E-state index is 11.3. The largest absolute Gasteiger partial charge is 0.264 e. The Balaban J connectivity index is 2.30. The quantitative estimate of drug-likeness (QED) is 0.445. The summed E-state index contributed by atoms with van der Waals surface area (Å²) in [6, 6.07) is 13.8. The zero-order valence-electron chi connectivity index (χ0n) is 9.42. The maximum absolute atomic E-state index is 11.3. The third-order valence-corrected chi connectivity index (χ3v) is 3.81. The molecule has 2 aromatic carbocycles. The van der Waals surface area contributed by atoms with Crippen molar-refractivity contribution in [2.75, 3.05) is 0 Å². The molecule has 0 aromatic heterocycles. The molecule has 90 valence electrons. The van der Waals surface area contributed by atoms with Crippen molar-refractivity contribution < 1.29 is 4.92 Å². The van der Waals surface area contributed by atoms with Crippen LogP contribution in [0.5, 0.6) is 0 Å². The van der Waals surface area contributed by atoms with Crippen molar-refractivity contribution in [3.63, 3.8) is 0 Å². The normalized spacial score (nSPS) is 20.9. The molecule has 0 amide bonds. The van der Waals surface area contributed by atoms with E-state index in [2.05, 4.69) is 0 Å². The molecule has 18 heavy (non-hydrogen) atoms. The molecule has 1 aliphatic carbocycles. The van der Waals surface area contributed by atoms with Crippen molar-refractivity contribution in [2.45, 2.75) is 11.4 Å². The Kier molecular flexibility index (Phi) is 2.56. The summed E-state index contributed by atoms with van der Waals surface area (Å²) < 4.78 is 0. The van der Waals surface area contributed by atoms with Gasteiger partial charge in [0.15, 0.2) is 0 Å². The zero-order valence-corrected chi connectivity index (χ0v) is 10.2. The predicted octanol–water partition coefficient (Wildman–Crippen LogP) is 3.69. The second kappa shape index (κ2) is 4.10. The number of benzene rings is 2. The lowest BCUT2D eigenvalue weighted by Crippen LogP contribution is -2.21. The molecule has 0 atom stereocenters. The molecular formula is C14H10ClNO2. The van der Waals surface area contributed by atoms with Crippen LogP contribution in [0.25, 0.3) is 0 Å². The van der Waals surface area contributed by atoms with Gasteiger partial charge in [-0.3, -0.25) is 10.1 Å². The summed E-state index contributed by atoms with van der Waals surface area (Å²) in [7, 11) is 0. The van der Waals surface area contributed by atoms with Gasteiger partial charge < -0.3 is 0 Å². The second-order valence-corrected chi connectivity index (χ2v) is 4.74. The highest BCUT2D eigenvalue weighted by molar-refractivity contribution is 6.23. The van der Waals surface area contributed by atoms with Crippen molar-refractivity contribution in [1.82, 2.24) is 0 Å². The van der Waals surface area contributed by atoms with E-state index in [0.717, 1.165) is 11.1 Å². The van der Waals surface area contributed by atoms with Crippen molar-refractivity contribution in [1.29, 1.82) is 0 Å². The molecule has 4 heteroatoms. The lowest BCUT2D eigenvalue weighted by molar-refractivity contribution is -0.517. The van der Waals surface area contributed by atoms with Crippen LogP contribution >= 0.6 is 11.6 Å². The fraction of sp³-hybridized carbons (Fsp3) is 0.143. The molecule has 3 rings (SSSR count). The van der Waals surface area contributed by atoms with Crippen LogP contribution in [0.1, 0.15) is 33.7 Å². The number of nitrogens with zero attached hydrogens (tertiary/aromatic N) is 1. The van der Waals surface area contributed by atoms with Crippen LogP contribution in [0.2, 0.25) is 0 Å². The second-order valence-electron chi connectivity index (χ2n) is 4.31. The van der Waals surface area contributed by atoms with Gasteiger partial charge in [0.05, 0.1) is 5.38 Å². The van der Waals surface area contributed by atoms with E-state index in [-0.39, 0.29) is 10.3 Å². The molecule has 0 bridgehead atoms. The van der Waals surface area contributed by atoms with E-state index in [1.165, 1.54) is 0 Å². The van der Waals surface area contributed by atoms with Crippen molar-refractivity contribution >= 4 is 11.6 Å². The first kappa shape index (κ1) is 11.2. The third-order valence-electron chi connectivity index (χ3n) is 3.34. The highest BCUT2D eigenvalue weighted by Gasteiger charge is 2.37. The van der Waals surface area contributed by atoms with Crippen LogP contribution in [-0.4, -0.2) is 4.92 Å². The lowest BCUT2D eigenvalue weighted by atomic mass is 9.82. The van der Waals surface area contributed by atoms with Gasteiger partial charge in [-0.1, -0.05) is 48.5 Å². The molecule has 0 fully saturated rings. The van der Waals surface area contributed by atoms with Gasteiger partial charge in [-0.05, 0) is 11.1 Å². The minimum absolute atomic E-state index is 0.250. The number of rotatable bonds is 1. The Labute approximate surface area is 109 Å². The smallest absolute Gasteiger partial charge is 0.263 e. The average Bonchev–Trinajstić information content (AvgIpc) is 2.39. The SMILES string of the molecule is O=[N+]([O-])C1c2ccccc2C(Cl)c2ccccc21. The molecule has 0 radical (unpaired) electrons. The van der Waals surface area contributed by atoms with Gasteiger partial charge in [0.1, 0.15) is 0 Å². The van der Waals surface area contributed by atoms with Crippen molar-refractivity contribution in [3.05, 3.63) is 80.9 Å². The van der Waals surface area contributed by atoms with Crippen molar-refractivity contribution in [2.24, 2.45) is 0 Å². The maximum Gasteiger partial charge on any atom is 0.263 e. The topological polar surface area (TPSA) is 43.1 Å². The number of hydrogen-bond acceptors (Lipinski definition) is 2. The summed E-state index contributed by atoms with van der Waals surface area (Å²) in [5.41, 5.74) is 3.06. The van der Waals surface area contributed by atoms with Gasteiger partial charge in [0.25, 0.3) is 6.04 Å². The Morgan fingerprint density at radius 3 is 1.67 bits per heavy atom. The van der Waals surface area contributed by atoms with Crippen LogP contribution in [0.4, 0.5) is 0 Å². The highest BCUT2D eigenvalue weighted by Crippen LogP contribution is 2.44. The van der Waals surface area contributed by atoms with Crippen LogP contribution < -0.4 is 0 Å². The molecule has 0 unspecified atom stereocenters. The monoisotopic (exact) mass is 259 g/mol. The number of fused-ring (bicyclic) bond motifs is 2. The van der Waals surface area contributed by atoms with Crippen LogP contribution in [0, 0.1) is 10.1 Å². The Bertz CT molecular complexity index is 579. The van der Waals surface area contributed by atoms with E-state index in [1.807, 2.05) is 36.4 Å². The molecule has 3 nitrogen and oxygen atoms in total. The molecule has 0 N–H and O–H groups in total.